The number of nitrogens with one attached hydrogen (secondary N) is 1. The average molecular weight is 246 g/mol. The number of hydrogen-bond acceptors (Lipinski definition) is 4. The number of aromatic amines is 1. The summed E-state index contributed by atoms with van der Waals surface area (Å²) in [5.41, 5.74) is 1.18. The van der Waals surface area contributed by atoms with E-state index in [0.29, 0.717) is 10.9 Å². The molecule has 0 saturated heterocycles. The molecule has 2 aromatic rings. The number of hydrogen-bond donors (Lipinski definition) is 1. The van der Waals surface area contributed by atoms with Crippen molar-refractivity contribution in [2.45, 2.75) is 13.8 Å². The lowest BCUT2D eigenvalue weighted by molar-refractivity contribution is -0.125. The minimum Gasteiger partial charge on any atom is -0.454 e. The average Bonchev–Trinajstić information content (AvgIpc) is 2.83. The van der Waals surface area contributed by atoms with E-state index < -0.39 is 5.97 Å². The quantitative estimate of drug-likeness (QED) is 0.837. The largest absolute Gasteiger partial charge is 0.454 e. The second kappa shape index (κ2) is 5.00. The van der Waals surface area contributed by atoms with E-state index in [-0.39, 0.29) is 18.3 Å². The normalized spacial score (nSPS) is 10.8. The van der Waals surface area contributed by atoms with Crippen LogP contribution in [0.4, 0.5) is 0 Å². The summed E-state index contributed by atoms with van der Waals surface area (Å²) >= 11 is 0. The summed E-state index contributed by atoms with van der Waals surface area (Å²) in [6.45, 7) is 3.35. The van der Waals surface area contributed by atoms with Crippen LogP contribution in [-0.4, -0.2) is 28.6 Å². The van der Waals surface area contributed by atoms with Crippen molar-refractivity contribution in [2.75, 3.05) is 6.61 Å². The Labute approximate surface area is 104 Å². The molecular formula is C13H14N2O3. The predicted octanol–water partition coefficient (Wildman–Crippen LogP) is 1.94. The number of Topliss-reactive ketones (excluding diaryl/α,β-unsaturated/α-hetero) is 1. The van der Waals surface area contributed by atoms with Crippen molar-refractivity contribution < 1.29 is 14.3 Å². The first-order chi connectivity index (χ1) is 8.59. The maximum absolute atomic E-state index is 11.9. The Morgan fingerprint density at radius 2 is 2.17 bits per heavy atom. The van der Waals surface area contributed by atoms with E-state index >= 15 is 0 Å². The molecule has 5 heteroatoms. The second-order valence-corrected chi connectivity index (χ2v) is 4.33. The highest BCUT2D eigenvalue weighted by molar-refractivity contribution is 6.03. The molecular weight excluding hydrogens is 232 g/mol. The van der Waals surface area contributed by atoms with Gasteiger partial charge in [-0.3, -0.25) is 9.89 Å². The molecule has 0 spiro atoms. The van der Waals surface area contributed by atoms with Crippen LogP contribution in [0.2, 0.25) is 0 Å². The fourth-order valence-electron chi connectivity index (χ4n) is 1.53. The number of fused-ring (bicyclic) bond motifs is 1. The number of ether oxygens (including phenoxy) is 1. The van der Waals surface area contributed by atoms with Crippen LogP contribution in [0, 0.1) is 5.92 Å². The van der Waals surface area contributed by atoms with Gasteiger partial charge in [0.05, 0.1) is 17.3 Å². The summed E-state index contributed by atoms with van der Waals surface area (Å²) in [4.78, 5) is 23.3. The van der Waals surface area contributed by atoms with Gasteiger partial charge in [-0.15, -0.1) is 0 Å². The van der Waals surface area contributed by atoms with Crippen LogP contribution in [0.15, 0.2) is 24.4 Å². The molecule has 0 atom stereocenters. The molecule has 1 aromatic heterocycles. The van der Waals surface area contributed by atoms with Gasteiger partial charge in [0, 0.05) is 11.3 Å². The van der Waals surface area contributed by atoms with Crippen molar-refractivity contribution in [1.82, 2.24) is 10.2 Å². The number of benzene rings is 1. The molecule has 0 unspecified atom stereocenters. The first kappa shape index (κ1) is 12.3. The number of rotatable bonds is 4. The summed E-state index contributed by atoms with van der Waals surface area (Å²) < 4.78 is 5.00. The highest BCUT2D eigenvalue weighted by atomic mass is 16.5. The molecule has 1 N–H and O–H groups in total. The molecule has 2 rings (SSSR count). The van der Waals surface area contributed by atoms with Gasteiger partial charge in [0.1, 0.15) is 0 Å². The molecule has 0 aliphatic heterocycles. The molecule has 1 heterocycles. The third-order valence-corrected chi connectivity index (χ3v) is 2.69. The van der Waals surface area contributed by atoms with Crippen LogP contribution in [-0.2, 0) is 9.53 Å². The summed E-state index contributed by atoms with van der Waals surface area (Å²) in [6.07, 6.45) is 1.57. The Morgan fingerprint density at radius 1 is 1.39 bits per heavy atom. The second-order valence-electron chi connectivity index (χ2n) is 4.33. The van der Waals surface area contributed by atoms with Gasteiger partial charge >= 0.3 is 5.97 Å². The van der Waals surface area contributed by atoms with Gasteiger partial charge in [0.15, 0.2) is 12.4 Å². The molecule has 0 amide bonds. The number of carbonyl (C=O) groups is 2. The highest BCUT2D eigenvalue weighted by Gasteiger charge is 2.15. The van der Waals surface area contributed by atoms with E-state index in [9.17, 15) is 9.59 Å². The van der Waals surface area contributed by atoms with Crippen molar-refractivity contribution in [3.05, 3.63) is 30.0 Å². The predicted molar refractivity (Wildman–Crippen MR) is 66.2 cm³/mol. The van der Waals surface area contributed by atoms with Crippen molar-refractivity contribution in [2.24, 2.45) is 5.92 Å². The summed E-state index contributed by atoms with van der Waals surface area (Å²) in [5, 5.41) is 7.34. The number of esters is 1. The highest BCUT2D eigenvalue weighted by Crippen LogP contribution is 2.16. The number of H-pyrrole nitrogens is 1. The fourth-order valence-corrected chi connectivity index (χ4v) is 1.53. The molecule has 0 bridgehead atoms. The number of aromatic nitrogens is 2. The van der Waals surface area contributed by atoms with Gasteiger partial charge < -0.3 is 4.74 Å². The van der Waals surface area contributed by atoms with E-state index in [1.807, 2.05) is 6.07 Å². The van der Waals surface area contributed by atoms with Crippen molar-refractivity contribution >= 4 is 22.7 Å². The number of carbonyl (C=O) groups excluding carboxylic acids is 2. The molecule has 94 valence electrons. The summed E-state index contributed by atoms with van der Waals surface area (Å²) in [7, 11) is 0. The van der Waals surface area contributed by atoms with E-state index in [1.165, 1.54) is 0 Å². The minimum atomic E-state index is -0.504. The molecule has 0 saturated carbocycles. The Morgan fingerprint density at radius 3 is 2.89 bits per heavy atom. The molecule has 5 nitrogen and oxygen atoms in total. The van der Waals surface area contributed by atoms with Crippen LogP contribution < -0.4 is 0 Å². The van der Waals surface area contributed by atoms with Crippen molar-refractivity contribution in [1.29, 1.82) is 0 Å². The zero-order chi connectivity index (χ0) is 13.1. The Bertz CT molecular complexity index is 587. The van der Waals surface area contributed by atoms with Gasteiger partial charge in [-0.1, -0.05) is 19.9 Å². The number of nitrogens with zero attached hydrogens (tertiary/aromatic N) is 1. The van der Waals surface area contributed by atoms with E-state index in [4.69, 9.17) is 4.74 Å². The molecule has 0 radical (unpaired) electrons. The van der Waals surface area contributed by atoms with Gasteiger partial charge in [0.2, 0.25) is 0 Å². The molecule has 1 aromatic carbocycles. The van der Waals surface area contributed by atoms with E-state index in [1.54, 1.807) is 32.2 Å². The molecule has 0 fully saturated rings. The zero-order valence-electron chi connectivity index (χ0n) is 10.3. The lowest BCUT2D eigenvalue weighted by Gasteiger charge is -2.06. The van der Waals surface area contributed by atoms with Crippen LogP contribution in [0.5, 0.6) is 0 Å². The van der Waals surface area contributed by atoms with Crippen LogP contribution >= 0.6 is 0 Å². The smallest absolute Gasteiger partial charge is 0.339 e. The first-order valence-electron chi connectivity index (χ1n) is 5.71. The van der Waals surface area contributed by atoms with Gasteiger partial charge in [-0.25, -0.2) is 4.79 Å². The summed E-state index contributed by atoms with van der Waals surface area (Å²) in [5.74, 6) is -0.735. The van der Waals surface area contributed by atoms with Gasteiger partial charge in [-0.05, 0) is 12.1 Å². The monoisotopic (exact) mass is 246 g/mol. The summed E-state index contributed by atoms with van der Waals surface area (Å²) in [6, 6.07) is 5.21. The van der Waals surface area contributed by atoms with Gasteiger partial charge in [0.25, 0.3) is 0 Å². The lowest BCUT2D eigenvalue weighted by Crippen LogP contribution is -2.18. The Balaban J connectivity index is 2.14. The van der Waals surface area contributed by atoms with E-state index in [0.717, 1.165) is 5.52 Å². The zero-order valence-corrected chi connectivity index (χ0v) is 10.3. The van der Waals surface area contributed by atoms with Crippen molar-refractivity contribution in [3.8, 4) is 0 Å². The molecule has 0 aliphatic carbocycles. The fraction of sp³-hybridized carbons (Fsp3) is 0.308. The maximum Gasteiger partial charge on any atom is 0.339 e. The third kappa shape index (κ3) is 2.40. The Hall–Kier alpha value is -2.17. The van der Waals surface area contributed by atoms with Crippen LogP contribution in [0.3, 0.4) is 0 Å². The maximum atomic E-state index is 11.9. The minimum absolute atomic E-state index is 0.0947. The molecule has 18 heavy (non-hydrogen) atoms. The first-order valence-corrected chi connectivity index (χ1v) is 5.71. The molecule has 0 aliphatic rings. The van der Waals surface area contributed by atoms with Crippen LogP contribution in [0.25, 0.3) is 10.9 Å². The lowest BCUT2D eigenvalue weighted by atomic mass is 10.1. The van der Waals surface area contributed by atoms with Crippen molar-refractivity contribution in [3.63, 3.8) is 0 Å². The Kier molecular flexibility index (Phi) is 3.41. The van der Waals surface area contributed by atoms with Crippen LogP contribution in [0.1, 0.15) is 24.2 Å². The topological polar surface area (TPSA) is 72.1 Å². The number of ketones is 1. The SMILES string of the molecule is CC(C)C(=O)COC(=O)c1cccc2[nH]ncc12. The van der Waals surface area contributed by atoms with E-state index in [2.05, 4.69) is 10.2 Å². The standard InChI is InChI=1S/C13H14N2O3/c1-8(2)12(16)7-18-13(17)9-4-3-5-11-10(9)6-14-15-11/h3-6,8H,7H2,1-2H3,(H,14,15). The third-order valence-electron chi connectivity index (χ3n) is 2.69. The van der Waals surface area contributed by atoms with Gasteiger partial charge in [-0.2, -0.15) is 5.10 Å².